The van der Waals surface area contributed by atoms with Gasteiger partial charge in [-0.2, -0.15) is 0 Å². The molecule has 0 fully saturated rings. The molecule has 0 saturated heterocycles. The number of hydrogen-bond donors (Lipinski definition) is 0. The fourth-order valence-electron chi connectivity index (χ4n) is 1.22. The van der Waals surface area contributed by atoms with Crippen molar-refractivity contribution in [3.8, 4) is 11.3 Å². The average Bonchev–Trinajstić information content (AvgIpc) is 2.19. The second kappa shape index (κ2) is 4.99. The minimum Gasteiger partial charge on any atom is -0.242 e. The van der Waals surface area contributed by atoms with Gasteiger partial charge in [-0.25, -0.2) is 9.97 Å². The van der Waals surface area contributed by atoms with Crippen LogP contribution in [0.25, 0.3) is 11.3 Å². The van der Waals surface area contributed by atoms with Gasteiger partial charge in [0.1, 0.15) is 6.33 Å². The molecule has 0 spiro atoms. The molecule has 0 saturated carbocycles. The van der Waals surface area contributed by atoms with Gasteiger partial charge < -0.3 is 0 Å². The van der Waals surface area contributed by atoms with E-state index in [2.05, 4.69) is 9.97 Å². The van der Waals surface area contributed by atoms with Crippen molar-refractivity contribution in [2.24, 2.45) is 0 Å². The van der Waals surface area contributed by atoms with Crippen LogP contribution in [0.3, 0.4) is 0 Å². The first-order chi connectivity index (χ1) is 6.36. The van der Waals surface area contributed by atoms with Crippen molar-refractivity contribution in [3.63, 3.8) is 0 Å². The van der Waals surface area contributed by atoms with E-state index in [0.717, 1.165) is 17.0 Å². The van der Waals surface area contributed by atoms with Crippen LogP contribution >= 0.6 is 0 Å². The number of benzene rings is 1. The summed E-state index contributed by atoms with van der Waals surface area (Å²) >= 11 is 0. The van der Waals surface area contributed by atoms with E-state index in [0.29, 0.717) is 0 Å². The van der Waals surface area contributed by atoms with Crippen molar-refractivity contribution >= 4 is 0 Å². The number of nitrogens with zero attached hydrogens (tertiary/aromatic N) is 2. The third kappa shape index (κ3) is 2.47. The van der Waals surface area contributed by atoms with Crippen LogP contribution in [-0.4, -0.2) is 9.97 Å². The maximum absolute atomic E-state index is 4.20. The van der Waals surface area contributed by atoms with E-state index in [4.69, 9.17) is 0 Å². The van der Waals surface area contributed by atoms with Crippen LogP contribution in [0.15, 0.2) is 42.7 Å². The number of aryl methyl sites for hydroxylation is 1. The summed E-state index contributed by atoms with van der Waals surface area (Å²) in [4.78, 5) is 8.25. The number of rotatable bonds is 1. The van der Waals surface area contributed by atoms with E-state index < -0.39 is 0 Å². The predicted octanol–water partition coefficient (Wildman–Crippen LogP) is 2.45. The average molecular weight is 362 g/mol. The van der Waals surface area contributed by atoms with Gasteiger partial charge in [0, 0.05) is 31.4 Å². The molecule has 0 aliphatic rings. The van der Waals surface area contributed by atoms with Crippen molar-refractivity contribution in [1.29, 1.82) is 0 Å². The predicted molar refractivity (Wildman–Crippen MR) is 52.2 cm³/mol. The molecule has 1 radical (unpaired) electrons. The number of aromatic nitrogens is 2. The first-order valence-electron chi connectivity index (χ1n) is 4.20. The van der Waals surface area contributed by atoms with Crippen molar-refractivity contribution < 1.29 is 20.1 Å². The van der Waals surface area contributed by atoms with Crippen LogP contribution in [0.2, 0.25) is 0 Å². The summed E-state index contributed by atoms with van der Waals surface area (Å²) in [6, 6.07) is 12.1. The zero-order valence-corrected chi connectivity index (χ0v) is 10.2. The molecule has 0 N–H and O–H groups in total. The molecular weight excluding hydrogens is 352 g/mol. The Kier molecular flexibility index (Phi) is 3.93. The fraction of sp³-hybridized carbons (Fsp3) is 0.0909. The second-order valence-electron chi connectivity index (χ2n) is 2.91. The van der Waals surface area contributed by atoms with Crippen LogP contribution in [0.4, 0.5) is 0 Å². The van der Waals surface area contributed by atoms with Crippen molar-refractivity contribution in [2.75, 3.05) is 0 Å². The summed E-state index contributed by atoms with van der Waals surface area (Å²) in [6.45, 7) is 1.97. The Hall–Kier alpha value is -1.05. The van der Waals surface area contributed by atoms with E-state index >= 15 is 0 Å². The first-order valence-corrected chi connectivity index (χ1v) is 4.20. The van der Waals surface area contributed by atoms with Crippen LogP contribution in [0.5, 0.6) is 0 Å². The minimum atomic E-state index is 0. The standard InChI is InChI=1S/C11H10N2.Ir/c1-9-7-11(13-8-12-9)10-5-3-2-4-6-10;/h2-8H,1H3;. The Morgan fingerprint density at radius 1 is 1.00 bits per heavy atom. The third-order valence-corrected chi connectivity index (χ3v) is 1.87. The van der Waals surface area contributed by atoms with Gasteiger partial charge in [-0.15, -0.1) is 0 Å². The van der Waals surface area contributed by atoms with Gasteiger partial charge in [0.25, 0.3) is 0 Å². The van der Waals surface area contributed by atoms with E-state index in [1.165, 1.54) is 0 Å². The van der Waals surface area contributed by atoms with Crippen molar-refractivity contribution in [3.05, 3.63) is 48.4 Å². The SMILES string of the molecule is Cc1cc(-c2ccccc2)ncn1.[Ir]. The van der Waals surface area contributed by atoms with Crippen LogP contribution in [0.1, 0.15) is 5.69 Å². The molecule has 0 atom stereocenters. The zero-order chi connectivity index (χ0) is 9.10. The number of hydrogen-bond acceptors (Lipinski definition) is 2. The largest absolute Gasteiger partial charge is 0.242 e. The van der Waals surface area contributed by atoms with Crippen LogP contribution in [0, 0.1) is 6.92 Å². The molecule has 0 amide bonds. The van der Waals surface area contributed by atoms with Gasteiger partial charge in [0.05, 0.1) is 5.69 Å². The normalized spacial score (nSPS) is 9.21. The molecular formula is C11H10IrN2. The fourth-order valence-corrected chi connectivity index (χ4v) is 1.22. The van der Waals surface area contributed by atoms with Crippen LogP contribution < -0.4 is 0 Å². The molecule has 2 nitrogen and oxygen atoms in total. The van der Waals surface area contributed by atoms with Gasteiger partial charge in [0.2, 0.25) is 0 Å². The van der Waals surface area contributed by atoms with Gasteiger partial charge in [-0.05, 0) is 13.0 Å². The van der Waals surface area contributed by atoms with Gasteiger partial charge in [-0.1, -0.05) is 30.3 Å². The molecule has 2 aromatic rings. The summed E-state index contributed by atoms with van der Waals surface area (Å²) < 4.78 is 0. The van der Waals surface area contributed by atoms with Gasteiger partial charge in [-0.3, -0.25) is 0 Å². The zero-order valence-electron chi connectivity index (χ0n) is 7.77. The topological polar surface area (TPSA) is 25.8 Å². The monoisotopic (exact) mass is 363 g/mol. The summed E-state index contributed by atoms with van der Waals surface area (Å²) in [5, 5.41) is 0. The molecule has 1 aromatic carbocycles. The Balaban J connectivity index is 0.000000980. The Labute approximate surface area is 96.8 Å². The summed E-state index contributed by atoms with van der Waals surface area (Å²) in [5.74, 6) is 0. The summed E-state index contributed by atoms with van der Waals surface area (Å²) in [7, 11) is 0. The maximum Gasteiger partial charge on any atom is 0.116 e. The van der Waals surface area contributed by atoms with Gasteiger partial charge in [0.15, 0.2) is 0 Å². The molecule has 3 heteroatoms. The first kappa shape index (κ1) is 11.0. The maximum atomic E-state index is 4.20. The molecule has 73 valence electrons. The van der Waals surface area contributed by atoms with Crippen molar-refractivity contribution in [1.82, 2.24) is 9.97 Å². The third-order valence-electron chi connectivity index (χ3n) is 1.87. The van der Waals surface area contributed by atoms with E-state index in [-0.39, 0.29) is 20.1 Å². The molecule has 1 heterocycles. The molecule has 0 unspecified atom stereocenters. The smallest absolute Gasteiger partial charge is 0.116 e. The quantitative estimate of drug-likeness (QED) is 0.779. The Bertz CT molecular complexity index is 401. The van der Waals surface area contributed by atoms with E-state index in [1.807, 2.05) is 43.3 Å². The van der Waals surface area contributed by atoms with Crippen LogP contribution in [-0.2, 0) is 20.1 Å². The van der Waals surface area contributed by atoms with Crippen molar-refractivity contribution in [2.45, 2.75) is 6.92 Å². The summed E-state index contributed by atoms with van der Waals surface area (Å²) in [6.07, 6.45) is 1.59. The molecule has 0 bridgehead atoms. The molecule has 14 heavy (non-hydrogen) atoms. The minimum absolute atomic E-state index is 0. The molecule has 2 rings (SSSR count). The van der Waals surface area contributed by atoms with E-state index in [9.17, 15) is 0 Å². The molecule has 0 aliphatic heterocycles. The molecule has 1 aromatic heterocycles. The second-order valence-corrected chi connectivity index (χ2v) is 2.91. The molecule has 0 aliphatic carbocycles. The van der Waals surface area contributed by atoms with Gasteiger partial charge >= 0.3 is 0 Å². The summed E-state index contributed by atoms with van der Waals surface area (Å²) in [5.41, 5.74) is 3.11. The Morgan fingerprint density at radius 2 is 1.71 bits per heavy atom. The Morgan fingerprint density at radius 3 is 2.36 bits per heavy atom. The van der Waals surface area contributed by atoms with E-state index in [1.54, 1.807) is 6.33 Å².